The Bertz CT molecular complexity index is 1820. The van der Waals surface area contributed by atoms with Crippen molar-refractivity contribution in [2.45, 2.75) is 12.4 Å². The van der Waals surface area contributed by atoms with Gasteiger partial charge >= 0.3 is 12.4 Å². The Morgan fingerprint density at radius 1 is 0.738 bits per heavy atom. The molecule has 2 heterocycles. The van der Waals surface area contributed by atoms with Gasteiger partial charge in [-0.2, -0.15) is 36.9 Å². The molecule has 0 aliphatic carbocycles. The van der Waals surface area contributed by atoms with Gasteiger partial charge in [-0.15, -0.1) is 0 Å². The van der Waals surface area contributed by atoms with Crippen LogP contribution in [0.15, 0.2) is 60.7 Å². The molecule has 3 N–H and O–H groups in total. The molecule has 0 saturated heterocycles. The molecule has 0 atom stereocenters. The lowest BCUT2D eigenvalue weighted by atomic mass is 10.0. The summed E-state index contributed by atoms with van der Waals surface area (Å²) in [6.07, 6.45) is -8.33. The number of nitriles is 2. The summed E-state index contributed by atoms with van der Waals surface area (Å²) in [7, 11) is -0.662. The average molecular weight is 609 g/mol. The molecule has 220 valence electrons. The Morgan fingerprint density at radius 2 is 1.17 bits per heavy atom. The molecule has 0 amide bonds. The van der Waals surface area contributed by atoms with Crippen LogP contribution < -0.4 is 10.5 Å². The molecular weight excluding hydrogens is 586 g/mol. The number of nitrogen functional groups attached to an aromatic ring is 1. The van der Waals surface area contributed by atoms with Crippen LogP contribution in [0.1, 0.15) is 22.5 Å². The SMILES string of the molecule is Cn1c(C#N)ccc1-c1ccc(N)cc1C(F)(F)F.Cn1c(C#N)ccc1-c1ccc(NS(C)(=O)=O)cc1C(F)(F)F. The first-order valence-electron chi connectivity index (χ1n) is 11.7. The normalized spacial score (nSPS) is 11.7. The van der Waals surface area contributed by atoms with E-state index in [1.807, 2.05) is 16.9 Å². The van der Waals surface area contributed by atoms with Crippen LogP contribution in [0.4, 0.5) is 37.7 Å². The first kappa shape index (κ1) is 31.6. The number of halogens is 6. The summed E-state index contributed by atoms with van der Waals surface area (Å²) in [6.45, 7) is 0. The number of alkyl halides is 6. The molecule has 2 aromatic heterocycles. The number of nitrogens with one attached hydrogen (secondary N) is 1. The van der Waals surface area contributed by atoms with Crippen molar-refractivity contribution < 1.29 is 34.8 Å². The summed E-state index contributed by atoms with van der Waals surface area (Å²) in [5.41, 5.74) is 4.39. The van der Waals surface area contributed by atoms with E-state index in [2.05, 4.69) is 0 Å². The van der Waals surface area contributed by atoms with Crippen LogP contribution in [0.25, 0.3) is 22.5 Å². The van der Waals surface area contributed by atoms with Crippen molar-refractivity contribution >= 4 is 21.4 Å². The molecule has 0 aliphatic heterocycles. The van der Waals surface area contributed by atoms with Crippen molar-refractivity contribution in [1.82, 2.24) is 9.13 Å². The molecule has 0 spiro atoms. The molecule has 2 aromatic carbocycles. The van der Waals surface area contributed by atoms with Gasteiger partial charge in [-0.05, 0) is 48.5 Å². The number of benzene rings is 2. The summed E-state index contributed by atoms with van der Waals surface area (Å²) < 4.78 is 106. The van der Waals surface area contributed by atoms with Crippen molar-refractivity contribution in [3.63, 3.8) is 0 Å². The van der Waals surface area contributed by atoms with E-state index < -0.39 is 33.5 Å². The van der Waals surface area contributed by atoms with Gasteiger partial charge in [0.05, 0.1) is 17.4 Å². The van der Waals surface area contributed by atoms with Gasteiger partial charge in [-0.3, -0.25) is 4.72 Å². The Kier molecular flexibility index (Phi) is 8.69. The maximum absolute atomic E-state index is 13.3. The quantitative estimate of drug-likeness (QED) is 0.213. The van der Waals surface area contributed by atoms with Crippen LogP contribution >= 0.6 is 0 Å². The summed E-state index contributed by atoms with van der Waals surface area (Å²) >= 11 is 0. The fourth-order valence-electron chi connectivity index (χ4n) is 4.09. The van der Waals surface area contributed by atoms with Crippen LogP contribution in [0.5, 0.6) is 0 Å². The molecule has 0 bridgehead atoms. The Balaban J connectivity index is 0.000000235. The second-order valence-electron chi connectivity index (χ2n) is 8.98. The van der Waals surface area contributed by atoms with Gasteiger partial charge in [0.15, 0.2) is 0 Å². The van der Waals surface area contributed by atoms with E-state index >= 15 is 0 Å². The van der Waals surface area contributed by atoms with Gasteiger partial charge in [-0.25, -0.2) is 8.42 Å². The zero-order valence-electron chi connectivity index (χ0n) is 22.1. The molecule has 0 saturated carbocycles. The third kappa shape index (κ3) is 7.05. The molecule has 15 heteroatoms. The van der Waals surface area contributed by atoms with Crippen molar-refractivity contribution in [2.24, 2.45) is 14.1 Å². The summed E-state index contributed by atoms with van der Waals surface area (Å²) in [6, 6.07) is 16.3. The third-order valence-corrected chi connectivity index (χ3v) is 6.61. The highest BCUT2D eigenvalue weighted by molar-refractivity contribution is 7.92. The van der Waals surface area contributed by atoms with Crippen LogP contribution in [0.2, 0.25) is 0 Å². The second kappa shape index (κ2) is 11.5. The van der Waals surface area contributed by atoms with Crippen molar-refractivity contribution in [3.8, 4) is 34.7 Å². The number of sulfonamides is 1. The highest BCUT2D eigenvalue weighted by atomic mass is 32.2. The number of aromatic nitrogens is 2. The largest absolute Gasteiger partial charge is 0.417 e. The fourth-order valence-corrected chi connectivity index (χ4v) is 4.64. The van der Waals surface area contributed by atoms with Crippen molar-refractivity contribution in [1.29, 1.82) is 10.5 Å². The number of anilines is 2. The molecule has 0 fully saturated rings. The van der Waals surface area contributed by atoms with E-state index in [1.165, 1.54) is 64.7 Å². The first-order chi connectivity index (χ1) is 19.4. The minimum absolute atomic E-state index is 0.00528. The fraction of sp³-hybridized carbons (Fsp3) is 0.185. The van der Waals surface area contributed by atoms with Gasteiger partial charge in [0.25, 0.3) is 0 Å². The number of hydrogen-bond donors (Lipinski definition) is 2. The smallest absolute Gasteiger partial charge is 0.399 e. The van der Waals surface area contributed by atoms with Crippen LogP contribution in [-0.2, 0) is 36.5 Å². The first-order valence-corrected chi connectivity index (χ1v) is 13.5. The molecule has 0 radical (unpaired) electrons. The van der Waals surface area contributed by atoms with Gasteiger partial charge in [0.1, 0.15) is 23.5 Å². The monoisotopic (exact) mass is 608 g/mol. The van der Waals surface area contributed by atoms with E-state index in [4.69, 9.17) is 16.3 Å². The number of nitrogens with two attached hydrogens (primary N) is 1. The third-order valence-electron chi connectivity index (χ3n) is 6.00. The second-order valence-corrected chi connectivity index (χ2v) is 10.7. The Morgan fingerprint density at radius 3 is 1.55 bits per heavy atom. The zero-order chi connectivity index (χ0) is 31.6. The molecule has 4 aromatic rings. The van der Waals surface area contributed by atoms with E-state index in [9.17, 15) is 34.8 Å². The van der Waals surface area contributed by atoms with Crippen LogP contribution in [0, 0.1) is 22.7 Å². The molecule has 0 aliphatic rings. The van der Waals surface area contributed by atoms with Crippen molar-refractivity contribution in [3.05, 3.63) is 83.2 Å². The lowest BCUT2D eigenvalue weighted by Gasteiger charge is -2.16. The van der Waals surface area contributed by atoms with E-state index in [0.29, 0.717) is 11.4 Å². The Hall–Kier alpha value is -4.89. The Labute approximate surface area is 236 Å². The van der Waals surface area contributed by atoms with Crippen LogP contribution in [0.3, 0.4) is 0 Å². The number of rotatable bonds is 4. The minimum atomic E-state index is -4.68. The predicted octanol–water partition coefficient (Wildman–Crippen LogP) is 6.12. The molecule has 8 nitrogen and oxygen atoms in total. The van der Waals surface area contributed by atoms with Gasteiger partial charge < -0.3 is 14.9 Å². The average Bonchev–Trinajstić information content (AvgIpc) is 3.44. The molecular formula is C27H22F6N6O2S. The summed E-state index contributed by atoms with van der Waals surface area (Å²) in [4.78, 5) is 0. The minimum Gasteiger partial charge on any atom is -0.399 e. The molecule has 4 rings (SSSR count). The lowest BCUT2D eigenvalue weighted by Crippen LogP contribution is -2.13. The van der Waals surface area contributed by atoms with Gasteiger partial charge in [0, 0.05) is 48.0 Å². The van der Waals surface area contributed by atoms with Crippen LogP contribution in [-0.4, -0.2) is 23.8 Å². The van der Waals surface area contributed by atoms with E-state index in [1.54, 1.807) is 7.05 Å². The van der Waals surface area contributed by atoms with E-state index in [-0.39, 0.29) is 33.9 Å². The maximum Gasteiger partial charge on any atom is 0.417 e. The van der Waals surface area contributed by atoms with Gasteiger partial charge in [0.2, 0.25) is 10.0 Å². The standard InChI is InChI=1S/C14H12F3N3O2S.C13H10F3N3/c1-20-10(8-18)4-6-13(20)11-5-3-9(19-23(2,21)22)7-12(11)14(15,16)17;1-19-9(7-17)3-5-12(19)10-4-2-8(18)6-11(10)13(14,15)16/h3-7,19H,1-2H3;2-6H,18H2,1H3. The van der Waals surface area contributed by atoms with Gasteiger partial charge in [-0.1, -0.05) is 12.1 Å². The lowest BCUT2D eigenvalue weighted by molar-refractivity contribution is -0.137. The molecule has 0 unspecified atom stereocenters. The highest BCUT2D eigenvalue weighted by Gasteiger charge is 2.35. The number of hydrogen-bond acceptors (Lipinski definition) is 5. The summed E-state index contributed by atoms with van der Waals surface area (Å²) in [5, 5.41) is 17.7. The topological polar surface area (TPSA) is 130 Å². The maximum atomic E-state index is 13.3. The predicted molar refractivity (Wildman–Crippen MR) is 144 cm³/mol. The number of nitrogens with zero attached hydrogens (tertiary/aromatic N) is 4. The van der Waals surface area contributed by atoms with Crippen molar-refractivity contribution in [2.75, 3.05) is 16.7 Å². The highest BCUT2D eigenvalue weighted by Crippen LogP contribution is 2.40. The molecule has 42 heavy (non-hydrogen) atoms. The zero-order valence-corrected chi connectivity index (χ0v) is 22.9. The summed E-state index contributed by atoms with van der Waals surface area (Å²) in [5.74, 6) is 0. The van der Waals surface area contributed by atoms with E-state index in [0.717, 1.165) is 18.4 Å².